The molecule has 1 aliphatic rings. The van der Waals surface area contributed by atoms with E-state index in [9.17, 15) is 9.59 Å². The predicted octanol–water partition coefficient (Wildman–Crippen LogP) is 1.78. The van der Waals surface area contributed by atoms with Crippen LogP contribution in [-0.4, -0.2) is 32.5 Å². The number of aromatic nitrogens is 3. The van der Waals surface area contributed by atoms with Crippen molar-refractivity contribution < 1.29 is 9.59 Å². The molecule has 0 spiro atoms. The van der Waals surface area contributed by atoms with Crippen LogP contribution in [0, 0.1) is 0 Å². The van der Waals surface area contributed by atoms with E-state index in [2.05, 4.69) is 20.5 Å². The first-order valence-corrected chi connectivity index (χ1v) is 8.19. The van der Waals surface area contributed by atoms with Crippen LogP contribution in [-0.2, 0) is 4.79 Å². The number of H-pyrrole nitrogens is 1. The lowest BCUT2D eigenvalue weighted by atomic mass is 9.89. The maximum atomic E-state index is 12.6. The van der Waals surface area contributed by atoms with E-state index in [1.54, 1.807) is 18.5 Å². The zero-order valence-electron chi connectivity index (χ0n) is 13.4. The summed E-state index contributed by atoms with van der Waals surface area (Å²) < 4.78 is 0. The largest absolute Gasteiger partial charge is 0.368 e. The molecule has 1 fully saturated rings. The molecular weight excluding hydrogens is 306 g/mol. The third kappa shape index (κ3) is 3.29. The van der Waals surface area contributed by atoms with Crippen LogP contribution in [0.1, 0.15) is 49.0 Å². The van der Waals surface area contributed by atoms with Gasteiger partial charge in [0.05, 0.1) is 5.69 Å². The summed E-state index contributed by atoms with van der Waals surface area (Å²) in [5.74, 6) is -0.824. The summed E-state index contributed by atoms with van der Waals surface area (Å²) in [4.78, 5) is 28.5. The minimum absolute atomic E-state index is 0.312. The molecular formula is C17H21N5O2. The minimum atomic E-state index is -0.963. The van der Waals surface area contributed by atoms with Crippen molar-refractivity contribution in [1.29, 1.82) is 0 Å². The number of aromatic amines is 1. The minimum Gasteiger partial charge on any atom is -0.368 e. The van der Waals surface area contributed by atoms with E-state index < -0.39 is 11.4 Å². The lowest BCUT2D eigenvalue weighted by Gasteiger charge is -2.30. The van der Waals surface area contributed by atoms with Gasteiger partial charge in [0.1, 0.15) is 11.2 Å². The Morgan fingerprint density at radius 3 is 2.42 bits per heavy atom. The average Bonchev–Trinajstić information content (AvgIpc) is 2.97. The van der Waals surface area contributed by atoms with Gasteiger partial charge in [-0.2, -0.15) is 5.10 Å². The van der Waals surface area contributed by atoms with Crippen LogP contribution in [0.3, 0.4) is 0 Å². The number of hydrogen-bond acceptors (Lipinski definition) is 4. The molecule has 0 unspecified atom stereocenters. The number of pyridine rings is 1. The standard InChI is InChI=1S/C17H21N5O2/c18-16(24)17(7-3-1-2-4-8-17)20-15(23)14-11-13(21-22-14)12-5-9-19-10-6-12/h5-6,9-11H,1-4,7-8H2,(H2,18,24)(H,20,23)(H,21,22). The first-order chi connectivity index (χ1) is 11.6. The van der Waals surface area contributed by atoms with Crippen LogP contribution in [0.4, 0.5) is 0 Å². The van der Waals surface area contributed by atoms with Crippen LogP contribution in [0.5, 0.6) is 0 Å². The average molecular weight is 327 g/mol. The number of primary amides is 1. The number of nitrogens with two attached hydrogens (primary N) is 1. The molecule has 1 aliphatic carbocycles. The number of nitrogens with one attached hydrogen (secondary N) is 2. The number of carbonyl (C=O) groups is 2. The van der Waals surface area contributed by atoms with Crippen LogP contribution >= 0.6 is 0 Å². The Bertz CT molecular complexity index is 718. The molecule has 3 rings (SSSR count). The molecule has 1 saturated carbocycles. The molecule has 0 radical (unpaired) electrons. The van der Waals surface area contributed by atoms with Crippen LogP contribution < -0.4 is 11.1 Å². The molecule has 2 amide bonds. The molecule has 0 saturated heterocycles. The molecule has 24 heavy (non-hydrogen) atoms. The Kier molecular flexibility index (Phi) is 4.59. The van der Waals surface area contributed by atoms with Crippen molar-refractivity contribution in [3.63, 3.8) is 0 Å². The van der Waals surface area contributed by atoms with Gasteiger partial charge in [0.2, 0.25) is 5.91 Å². The van der Waals surface area contributed by atoms with Gasteiger partial charge in [-0.25, -0.2) is 0 Å². The van der Waals surface area contributed by atoms with E-state index in [4.69, 9.17) is 5.73 Å². The van der Waals surface area contributed by atoms with Gasteiger partial charge in [-0.3, -0.25) is 19.7 Å². The third-order valence-electron chi connectivity index (χ3n) is 4.58. The molecule has 0 aromatic carbocycles. The molecule has 2 heterocycles. The number of nitrogens with zero attached hydrogens (tertiary/aromatic N) is 2. The molecule has 4 N–H and O–H groups in total. The first-order valence-electron chi connectivity index (χ1n) is 8.19. The van der Waals surface area contributed by atoms with Crippen LogP contribution in [0.25, 0.3) is 11.3 Å². The van der Waals surface area contributed by atoms with Crippen molar-refractivity contribution in [2.24, 2.45) is 5.73 Å². The molecule has 126 valence electrons. The Morgan fingerprint density at radius 2 is 1.79 bits per heavy atom. The SMILES string of the molecule is NC(=O)C1(NC(=O)c2cc(-c3ccncc3)n[nH]2)CCCCCC1. The number of amides is 2. The number of hydrogen-bond donors (Lipinski definition) is 3. The van der Waals surface area contributed by atoms with Crippen molar-refractivity contribution in [1.82, 2.24) is 20.5 Å². The molecule has 0 bridgehead atoms. The third-order valence-corrected chi connectivity index (χ3v) is 4.58. The molecule has 7 heteroatoms. The quantitative estimate of drug-likeness (QED) is 0.743. The molecule has 0 aliphatic heterocycles. The first kappa shape index (κ1) is 16.2. The van der Waals surface area contributed by atoms with Crippen LogP contribution in [0.15, 0.2) is 30.6 Å². The lowest BCUT2D eigenvalue weighted by Crippen LogP contribution is -2.57. The maximum absolute atomic E-state index is 12.6. The van der Waals surface area contributed by atoms with E-state index in [0.717, 1.165) is 31.2 Å². The van der Waals surface area contributed by atoms with Crippen molar-refractivity contribution >= 4 is 11.8 Å². The lowest BCUT2D eigenvalue weighted by molar-refractivity contribution is -0.124. The van der Waals surface area contributed by atoms with Gasteiger partial charge in [-0.15, -0.1) is 0 Å². The highest BCUT2D eigenvalue weighted by Crippen LogP contribution is 2.27. The van der Waals surface area contributed by atoms with Crippen molar-refractivity contribution in [3.8, 4) is 11.3 Å². The second kappa shape index (κ2) is 6.82. The second-order valence-electron chi connectivity index (χ2n) is 6.22. The summed E-state index contributed by atoms with van der Waals surface area (Å²) in [6.07, 6.45) is 8.37. The maximum Gasteiger partial charge on any atom is 0.270 e. The summed E-state index contributed by atoms with van der Waals surface area (Å²) in [7, 11) is 0. The summed E-state index contributed by atoms with van der Waals surface area (Å²) in [6.45, 7) is 0. The van der Waals surface area contributed by atoms with E-state index in [1.165, 1.54) is 0 Å². The number of rotatable bonds is 4. The predicted molar refractivity (Wildman–Crippen MR) is 88.9 cm³/mol. The van der Waals surface area contributed by atoms with Gasteiger partial charge in [-0.1, -0.05) is 25.7 Å². The van der Waals surface area contributed by atoms with Gasteiger partial charge in [0, 0.05) is 18.0 Å². The highest BCUT2D eigenvalue weighted by molar-refractivity contribution is 5.98. The summed E-state index contributed by atoms with van der Waals surface area (Å²) in [5.41, 5.74) is 6.47. The Balaban J connectivity index is 1.79. The fourth-order valence-corrected chi connectivity index (χ4v) is 3.16. The topological polar surface area (TPSA) is 114 Å². The van der Waals surface area contributed by atoms with Crippen molar-refractivity contribution in [3.05, 3.63) is 36.3 Å². The zero-order valence-corrected chi connectivity index (χ0v) is 13.4. The fraction of sp³-hybridized carbons (Fsp3) is 0.412. The van der Waals surface area contributed by atoms with Gasteiger partial charge < -0.3 is 11.1 Å². The fourth-order valence-electron chi connectivity index (χ4n) is 3.16. The molecule has 7 nitrogen and oxygen atoms in total. The Morgan fingerprint density at radius 1 is 1.12 bits per heavy atom. The second-order valence-corrected chi connectivity index (χ2v) is 6.22. The highest BCUT2D eigenvalue weighted by atomic mass is 16.2. The van der Waals surface area contributed by atoms with Crippen molar-refractivity contribution in [2.75, 3.05) is 0 Å². The van der Waals surface area contributed by atoms with Gasteiger partial charge in [-0.05, 0) is 31.0 Å². The molecule has 2 aromatic heterocycles. The van der Waals surface area contributed by atoms with E-state index in [-0.39, 0.29) is 5.91 Å². The van der Waals surface area contributed by atoms with Gasteiger partial charge in [0.15, 0.2) is 0 Å². The highest BCUT2D eigenvalue weighted by Gasteiger charge is 2.38. The van der Waals surface area contributed by atoms with E-state index in [1.807, 2.05) is 12.1 Å². The van der Waals surface area contributed by atoms with Crippen molar-refractivity contribution in [2.45, 2.75) is 44.1 Å². The Labute approximate surface area is 140 Å². The summed E-state index contributed by atoms with van der Waals surface area (Å²) in [6, 6.07) is 5.29. The van der Waals surface area contributed by atoms with Gasteiger partial charge >= 0.3 is 0 Å². The van der Waals surface area contributed by atoms with E-state index in [0.29, 0.717) is 24.2 Å². The van der Waals surface area contributed by atoms with Gasteiger partial charge in [0.25, 0.3) is 5.91 Å². The summed E-state index contributed by atoms with van der Waals surface area (Å²) >= 11 is 0. The Hall–Kier alpha value is -2.70. The normalized spacial score (nSPS) is 17.0. The monoisotopic (exact) mass is 327 g/mol. The molecule has 2 aromatic rings. The smallest absolute Gasteiger partial charge is 0.270 e. The summed E-state index contributed by atoms with van der Waals surface area (Å²) in [5, 5.41) is 9.74. The van der Waals surface area contributed by atoms with Crippen LogP contribution in [0.2, 0.25) is 0 Å². The number of carbonyl (C=O) groups excluding carboxylic acids is 2. The van der Waals surface area contributed by atoms with E-state index >= 15 is 0 Å². The molecule has 0 atom stereocenters. The zero-order chi connectivity index (χ0) is 17.0.